The highest BCUT2D eigenvalue weighted by molar-refractivity contribution is 7.15. The minimum Gasteiger partial charge on any atom is -0.317 e. The van der Waals surface area contributed by atoms with Gasteiger partial charge in [0.15, 0.2) is 16.8 Å². The van der Waals surface area contributed by atoms with Gasteiger partial charge in [0.2, 0.25) is 5.91 Å². The van der Waals surface area contributed by atoms with Crippen LogP contribution >= 0.6 is 11.3 Å². The highest BCUT2D eigenvalue weighted by Gasteiger charge is 2.21. The van der Waals surface area contributed by atoms with Crippen LogP contribution in [0.1, 0.15) is 42.0 Å². The van der Waals surface area contributed by atoms with E-state index < -0.39 is 17.6 Å². The summed E-state index contributed by atoms with van der Waals surface area (Å²) in [4.78, 5) is 17.8. The average molecular weight is 351 g/mol. The molecule has 7 heteroatoms. The number of carbonyl (C=O) groups is 1. The molecule has 2 N–H and O–H groups in total. The Morgan fingerprint density at radius 2 is 2.08 bits per heavy atom. The second-order valence-corrected chi connectivity index (χ2v) is 7.04. The molecule has 0 spiro atoms. The van der Waals surface area contributed by atoms with Gasteiger partial charge in [-0.2, -0.15) is 0 Å². The summed E-state index contributed by atoms with van der Waals surface area (Å²) < 4.78 is 26.3. The molecule has 3 rings (SSSR count). The Hall–Kier alpha value is -1.86. The standard InChI is InChI=1S/C17H19F2N3OS/c1-10(12-2-3-13(18)14(19)8-12)16(23)22-17-21-9-15(24-17)11-4-6-20-7-5-11/h2-3,8-11,20H,4-7H2,1H3,(H,21,22,23). The quantitative estimate of drug-likeness (QED) is 0.884. The fraction of sp³-hybridized carbons (Fsp3) is 0.412. The number of rotatable bonds is 4. The summed E-state index contributed by atoms with van der Waals surface area (Å²) >= 11 is 1.48. The van der Waals surface area contributed by atoms with E-state index in [1.54, 1.807) is 6.92 Å². The van der Waals surface area contributed by atoms with Crippen LogP contribution in [0.15, 0.2) is 24.4 Å². The van der Waals surface area contributed by atoms with Crippen molar-refractivity contribution in [3.63, 3.8) is 0 Å². The molecule has 1 fully saturated rings. The van der Waals surface area contributed by atoms with Crippen molar-refractivity contribution in [3.8, 4) is 0 Å². The number of hydrogen-bond acceptors (Lipinski definition) is 4. The van der Waals surface area contributed by atoms with E-state index in [1.807, 2.05) is 6.20 Å². The molecule has 24 heavy (non-hydrogen) atoms. The van der Waals surface area contributed by atoms with Crippen LogP contribution in [0.3, 0.4) is 0 Å². The van der Waals surface area contributed by atoms with Crippen LogP contribution in [-0.2, 0) is 4.79 Å². The summed E-state index contributed by atoms with van der Waals surface area (Å²) in [5, 5.41) is 6.64. The smallest absolute Gasteiger partial charge is 0.233 e. The van der Waals surface area contributed by atoms with Crippen molar-refractivity contribution in [1.29, 1.82) is 0 Å². The zero-order chi connectivity index (χ0) is 17.1. The van der Waals surface area contributed by atoms with Crippen LogP contribution in [0.2, 0.25) is 0 Å². The minimum atomic E-state index is -0.949. The Balaban J connectivity index is 1.65. The molecule has 0 saturated carbocycles. The number of amides is 1. The van der Waals surface area contributed by atoms with Gasteiger partial charge in [-0.1, -0.05) is 6.07 Å². The van der Waals surface area contributed by atoms with E-state index in [-0.39, 0.29) is 5.91 Å². The third-order valence-electron chi connectivity index (χ3n) is 4.33. The van der Waals surface area contributed by atoms with Gasteiger partial charge in [0.25, 0.3) is 0 Å². The van der Waals surface area contributed by atoms with E-state index in [0.717, 1.165) is 38.1 Å². The van der Waals surface area contributed by atoms with Gasteiger partial charge in [-0.3, -0.25) is 4.79 Å². The van der Waals surface area contributed by atoms with Crippen molar-refractivity contribution in [3.05, 3.63) is 46.5 Å². The number of benzene rings is 1. The molecule has 2 aromatic rings. The molecular weight excluding hydrogens is 332 g/mol. The lowest BCUT2D eigenvalue weighted by Gasteiger charge is -2.20. The first-order valence-corrected chi connectivity index (χ1v) is 8.78. The molecule has 2 heterocycles. The Kier molecular flexibility index (Phi) is 5.20. The molecule has 4 nitrogen and oxygen atoms in total. The lowest BCUT2D eigenvalue weighted by atomic mass is 9.97. The molecule has 1 aliphatic heterocycles. The highest BCUT2D eigenvalue weighted by atomic mass is 32.1. The van der Waals surface area contributed by atoms with Gasteiger partial charge in [-0.25, -0.2) is 13.8 Å². The summed E-state index contributed by atoms with van der Waals surface area (Å²) in [5.41, 5.74) is 0.432. The number of hydrogen-bond donors (Lipinski definition) is 2. The summed E-state index contributed by atoms with van der Waals surface area (Å²) in [6.45, 7) is 3.65. The van der Waals surface area contributed by atoms with Gasteiger partial charge >= 0.3 is 0 Å². The fourth-order valence-electron chi connectivity index (χ4n) is 2.79. The number of carbonyl (C=O) groups excluding carboxylic acids is 1. The molecule has 0 aliphatic carbocycles. The molecule has 1 unspecified atom stereocenters. The van der Waals surface area contributed by atoms with E-state index >= 15 is 0 Å². The predicted octanol–water partition coefficient (Wildman–Crippen LogP) is 3.63. The first-order chi connectivity index (χ1) is 11.5. The second kappa shape index (κ2) is 7.36. The maximum absolute atomic E-state index is 13.3. The van der Waals surface area contributed by atoms with E-state index in [2.05, 4.69) is 15.6 Å². The Morgan fingerprint density at radius 3 is 2.79 bits per heavy atom. The monoisotopic (exact) mass is 351 g/mol. The number of piperidine rings is 1. The van der Waals surface area contributed by atoms with Crippen LogP contribution in [0, 0.1) is 11.6 Å². The van der Waals surface area contributed by atoms with Gasteiger partial charge in [-0.15, -0.1) is 11.3 Å². The summed E-state index contributed by atoms with van der Waals surface area (Å²) in [7, 11) is 0. The van der Waals surface area contributed by atoms with Crippen molar-refractivity contribution in [2.45, 2.75) is 31.6 Å². The number of thiazole rings is 1. The normalized spacial score (nSPS) is 16.8. The summed E-state index contributed by atoms with van der Waals surface area (Å²) in [6.07, 6.45) is 3.96. The molecule has 0 radical (unpaired) electrons. The fourth-order valence-corrected chi connectivity index (χ4v) is 3.77. The van der Waals surface area contributed by atoms with Crippen LogP contribution in [-0.4, -0.2) is 24.0 Å². The van der Waals surface area contributed by atoms with Gasteiger partial charge in [0, 0.05) is 11.1 Å². The van der Waals surface area contributed by atoms with Crippen molar-refractivity contribution in [2.24, 2.45) is 0 Å². The SMILES string of the molecule is CC(C(=O)Nc1ncc(C2CCNCC2)s1)c1ccc(F)c(F)c1. The molecule has 1 atom stereocenters. The van der Waals surface area contributed by atoms with Crippen LogP contribution in [0.4, 0.5) is 13.9 Å². The van der Waals surface area contributed by atoms with Crippen molar-refractivity contribution in [1.82, 2.24) is 10.3 Å². The molecular formula is C17H19F2N3OS. The number of halogens is 2. The van der Waals surface area contributed by atoms with Gasteiger partial charge in [0.05, 0.1) is 5.92 Å². The summed E-state index contributed by atoms with van der Waals surface area (Å²) in [6, 6.07) is 3.51. The first kappa shape index (κ1) is 17.0. The Bertz CT molecular complexity index is 728. The zero-order valence-electron chi connectivity index (χ0n) is 13.3. The largest absolute Gasteiger partial charge is 0.317 e. The lowest BCUT2D eigenvalue weighted by molar-refractivity contribution is -0.117. The molecule has 1 aromatic heterocycles. The zero-order valence-corrected chi connectivity index (χ0v) is 14.1. The van der Waals surface area contributed by atoms with E-state index in [9.17, 15) is 13.6 Å². The number of anilines is 1. The van der Waals surface area contributed by atoms with E-state index in [0.29, 0.717) is 16.6 Å². The Morgan fingerprint density at radius 1 is 1.33 bits per heavy atom. The highest BCUT2D eigenvalue weighted by Crippen LogP contribution is 2.32. The third-order valence-corrected chi connectivity index (χ3v) is 5.41. The Labute approximate surface area is 143 Å². The molecule has 1 aromatic carbocycles. The summed E-state index contributed by atoms with van der Waals surface area (Å²) in [5.74, 6) is -2.26. The topological polar surface area (TPSA) is 54.0 Å². The predicted molar refractivity (Wildman–Crippen MR) is 90.4 cm³/mol. The van der Waals surface area contributed by atoms with Gasteiger partial charge < -0.3 is 10.6 Å². The number of aromatic nitrogens is 1. The minimum absolute atomic E-state index is 0.285. The van der Waals surface area contributed by atoms with Gasteiger partial charge in [0.1, 0.15) is 0 Å². The maximum Gasteiger partial charge on any atom is 0.233 e. The van der Waals surface area contributed by atoms with Crippen LogP contribution in [0.5, 0.6) is 0 Å². The maximum atomic E-state index is 13.3. The number of nitrogens with one attached hydrogen (secondary N) is 2. The van der Waals surface area contributed by atoms with Crippen molar-refractivity contribution in [2.75, 3.05) is 18.4 Å². The number of nitrogens with zero attached hydrogens (tertiary/aromatic N) is 1. The molecule has 0 bridgehead atoms. The molecule has 1 amide bonds. The lowest BCUT2D eigenvalue weighted by Crippen LogP contribution is -2.26. The van der Waals surface area contributed by atoms with Crippen LogP contribution in [0.25, 0.3) is 0 Å². The molecule has 1 saturated heterocycles. The first-order valence-electron chi connectivity index (χ1n) is 7.97. The molecule has 128 valence electrons. The second-order valence-electron chi connectivity index (χ2n) is 5.98. The average Bonchev–Trinajstić information content (AvgIpc) is 3.06. The van der Waals surface area contributed by atoms with E-state index in [1.165, 1.54) is 22.3 Å². The van der Waals surface area contributed by atoms with Gasteiger partial charge in [-0.05, 0) is 56.5 Å². The van der Waals surface area contributed by atoms with Crippen LogP contribution < -0.4 is 10.6 Å². The molecule has 1 aliphatic rings. The van der Waals surface area contributed by atoms with Crippen molar-refractivity contribution >= 4 is 22.4 Å². The van der Waals surface area contributed by atoms with E-state index in [4.69, 9.17) is 0 Å². The van der Waals surface area contributed by atoms with Crippen molar-refractivity contribution < 1.29 is 13.6 Å². The third kappa shape index (κ3) is 3.79.